The molecule has 0 aliphatic rings. The van der Waals surface area contributed by atoms with Crippen LogP contribution in [0.4, 0.5) is 11.6 Å². The number of nitrogens with one attached hydrogen (secondary N) is 3. The summed E-state index contributed by atoms with van der Waals surface area (Å²) in [5.74, 6) is -2.05. The van der Waals surface area contributed by atoms with Gasteiger partial charge in [-0.3, -0.25) is 24.6 Å². The molecule has 40 heavy (non-hydrogen) atoms. The molecule has 0 aliphatic heterocycles. The largest absolute Gasteiger partial charge is 0.461 e. The highest BCUT2D eigenvalue weighted by Crippen LogP contribution is 2.14. The Hall–Kier alpha value is -4.94. The number of carbonyl (C=O) groups excluding carboxylic acids is 4. The van der Waals surface area contributed by atoms with Gasteiger partial charge in [0.25, 0.3) is 0 Å². The molecule has 2 heterocycles. The third-order valence-electron chi connectivity index (χ3n) is 5.31. The van der Waals surface area contributed by atoms with Gasteiger partial charge in [-0.15, -0.1) is 0 Å². The smallest absolute Gasteiger partial charge is 0.342 e. The van der Waals surface area contributed by atoms with Crippen LogP contribution in [0.2, 0.25) is 0 Å². The number of hydrogen-bond donors (Lipinski definition) is 3. The van der Waals surface area contributed by atoms with Gasteiger partial charge in [0, 0.05) is 26.7 Å². The van der Waals surface area contributed by atoms with Crippen LogP contribution >= 0.6 is 0 Å². The molecule has 19 nitrogen and oxygen atoms in total. The standard InChI is InChI=1S/C21H29N9O10/c1-14-22-11-18(29(35)36)27(14)7-9-39-20(33)5-3-16(31)24-13-25-26-17(32)4-6-21(34)40-10-8-28-15(2)23-12-19(28)30(37)38/h11-12,25H,3-10,13H2,1-2H3,(H,24,31)(H,26,32). The Morgan fingerprint density at radius 3 is 1.70 bits per heavy atom. The fraction of sp³-hybridized carbons (Fsp3) is 0.524. The van der Waals surface area contributed by atoms with Gasteiger partial charge in [-0.1, -0.05) is 0 Å². The first-order valence-corrected chi connectivity index (χ1v) is 11.9. The third kappa shape index (κ3) is 10.1. The van der Waals surface area contributed by atoms with Gasteiger partial charge >= 0.3 is 23.6 Å². The summed E-state index contributed by atoms with van der Waals surface area (Å²) in [6.45, 7) is 2.81. The number of amides is 2. The highest BCUT2D eigenvalue weighted by Gasteiger charge is 2.19. The predicted octanol–water partition coefficient (Wildman–Crippen LogP) is -0.446. The van der Waals surface area contributed by atoms with E-state index in [4.69, 9.17) is 9.47 Å². The Kier molecular flexibility index (Phi) is 12.1. The number of carbonyl (C=O) groups is 4. The van der Waals surface area contributed by atoms with Crippen molar-refractivity contribution < 1.29 is 38.5 Å². The minimum Gasteiger partial charge on any atom is -0.461 e. The summed E-state index contributed by atoms with van der Waals surface area (Å²) in [4.78, 5) is 75.6. The number of rotatable bonds is 17. The molecule has 0 saturated carbocycles. The van der Waals surface area contributed by atoms with Crippen LogP contribution in [-0.2, 0) is 41.7 Å². The van der Waals surface area contributed by atoms with E-state index in [0.29, 0.717) is 11.6 Å². The van der Waals surface area contributed by atoms with Crippen LogP contribution in [0, 0.1) is 34.1 Å². The van der Waals surface area contributed by atoms with E-state index in [9.17, 15) is 39.4 Å². The lowest BCUT2D eigenvalue weighted by atomic mass is 10.3. The number of imidazole rings is 2. The van der Waals surface area contributed by atoms with Crippen LogP contribution in [0.1, 0.15) is 37.3 Å². The zero-order chi connectivity index (χ0) is 29.7. The molecule has 0 unspecified atom stereocenters. The monoisotopic (exact) mass is 567 g/mol. The molecule has 0 fully saturated rings. The Balaban J connectivity index is 1.52. The van der Waals surface area contributed by atoms with E-state index >= 15 is 0 Å². The maximum atomic E-state index is 11.8. The van der Waals surface area contributed by atoms with Gasteiger partial charge in [0.15, 0.2) is 11.6 Å². The van der Waals surface area contributed by atoms with E-state index in [2.05, 4.69) is 26.1 Å². The number of esters is 2. The number of hydrazine groups is 1. The Morgan fingerprint density at radius 2 is 1.25 bits per heavy atom. The molecule has 3 N–H and O–H groups in total. The minimum absolute atomic E-state index is 0.0368. The van der Waals surface area contributed by atoms with Crippen LogP contribution in [-0.4, -0.2) is 72.6 Å². The molecular weight excluding hydrogens is 538 g/mol. The van der Waals surface area contributed by atoms with E-state index in [0.717, 1.165) is 12.4 Å². The second-order valence-corrected chi connectivity index (χ2v) is 8.09. The quantitative estimate of drug-likeness (QED) is 0.0722. The molecule has 2 aromatic rings. The molecule has 0 aromatic carbocycles. The van der Waals surface area contributed by atoms with Gasteiger partial charge in [-0.2, -0.15) is 0 Å². The number of nitro groups is 2. The van der Waals surface area contributed by atoms with E-state index in [1.165, 1.54) is 9.13 Å². The Bertz CT molecular complexity index is 1150. The zero-order valence-corrected chi connectivity index (χ0v) is 21.8. The average molecular weight is 568 g/mol. The summed E-state index contributed by atoms with van der Waals surface area (Å²) in [7, 11) is 0. The zero-order valence-electron chi connectivity index (χ0n) is 21.8. The maximum absolute atomic E-state index is 11.8. The number of hydrogen-bond acceptors (Lipinski definition) is 13. The molecule has 0 aliphatic carbocycles. The molecule has 0 radical (unpaired) electrons. The van der Waals surface area contributed by atoms with Crippen molar-refractivity contribution in [1.82, 2.24) is 35.3 Å². The number of ether oxygens (including phenoxy) is 2. The van der Waals surface area contributed by atoms with Gasteiger partial charge in [0.2, 0.25) is 11.8 Å². The van der Waals surface area contributed by atoms with Crippen LogP contribution in [0.3, 0.4) is 0 Å². The molecule has 0 spiro atoms. The SMILES string of the molecule is Cc1ncc([N+](=O)[O-])n1CCOC(=O)CCC(=O)NCNNC(=O)CCC(=O)OCCn1c([N+](=O)[O-])cnc1C. The first-order chi connectivity index (χ1) is 19.0. The highest BCUT2D eigenvalue weighted by atomic mass is 16.6. The van der Waals surface area contributed by atoms with Gasteiger partial charge in [-0.05, 0) is 9.85 Å². The average Bonchev–Trinajstić information content (AvgIpc) is 3.46. The predicted molar refractivity (Wildman–Crippen MR) is 132 cm³/mol. The molecule has 2 amide bonds. The van der Waals surface area contributed by atoms with Crippen LogP contribution in [0.15, 0.2) is 12.4 Å². The summed E-state index contributed by atoms with van der Waals surface area (Å²) in [6, 6.07) is 0. The minimum atomic E-state index is -0.672. The maximum Gasteiger partial charge on any atom is 0.342 e. The Morgan fingerprint density at radius 1 is 0.800 bits per heavy atom. The number of aromatic nitrogens is 4. The summed E-state index contributed by atoms with van der Waals surface area (Å²) in [6.07, 6.45) is 1.36. The van der Waals surface area contributed by atoms with E-state index in [1.54, 1.807) is 13.8 Å². The summed E-state index contributed by atoms with van der Waals surface area (Å²) in [5.41, 5.74) is 4.72. The first-order valence-electron chi connectivity index (χ1n) is 11.9. The summed E-state index contributed by atoms with van der Waals surface area (Å²) < 4.78 is 12.6. The van der Waals surface area contributed by atoms with Crippen molar-refractivity contribution in [2.75, 3.05) is 19.9 Å². The molecule has 19 heteroatoms. The van der Waals surface area contributed by atoms with Crippen LogP contribution < -0.4 is 16.2 Å². The van der Waals surface area contributed by atoms with Crippen molar-refractivity contribution in [3.05, 3.63) is 44.3 Å². The van der Waals surface area contributed by atoms with Crippen LogP contribution in [0.5, 0.6) is 0 Å². The van der Waals surface area contributed by atoms with Crippen molar-refractivity contribution in [1.29, 1.82) is 0 Å². The fourth-order valence-electron chi connectivity index (χ4n) is 3.27. The number of aryl methyl sites for hydroxylation is 2. The van der Waals surface area contributed by atoms with Gasteiger partial charge in [0.1, 0.15) is 38.7 Å². The highest BCUT2D eigenvalue weighted by molar-refractivity contribution is 5.82. The van der Waals surface area contributed by atoms with E-state index in [-0.39, 0.29) is 70.3 Å². The van der Waals surface area contributed by atoms with Crippen molar-refractivity contribution in [2.24, 2.45) is 0 Å². The lowest BCUT2D eigenvalue weighted by Crippen LogP contribution is -2.44. The number of nitrogens with zero attached hydrogens (tertiary/aromatic N) is 6. The van der Waals surface area contributed by atoms with Gasteiger partial charge < -0.3 is 35.0 Å². The third-order valence-corrected chi connectivity index (χ3v) is 5.31. The Labute approximate surface area is 226 Å². The van der Waals surface area contributed by atoms with Gasteiger partial charge in [-0.25, -0.2) is 24.5 Å². The molecule has 2 rings (SSSR count). The lowest BCUT2D eigenvalue weighted by Gasteiger charge is -2.09. The van der Waals surface area contributed by atoms with Crippen molar-refractivity contribution in [3.8, 4) is 0 Å². The second-order valence-electron chi connectivity index (χ2n) is 8.09. The van der Waals surface area contributed by atoms with Gasteiger partial charge in [0.05, 0.1) is 19.5 Å². The van der Waals surface area contributed by atoms with Crippen molar-refractivity contribution in [3.63, 3.8) is 0 Å². The normalized spacial score (nSPS) is 10.6. The van der Waals surface area contributed by atoms with Crippen LogP contribution in [0.25, 0.3) is 0 Å². The van der Waals surface area contributed by atoms with Crippen molar-refractivity contribution >= 4 is 35.4 Å². The molecular formula is C21H29N9O10. The first kappa shape index (κ1) is 31.3. The van der Waals surface area contributed by atoms with E-state index in [1.807, 2.05) is 0 Å². The molecule has 0 saturated heterocycles. The molecule has 218 valence electrons. The molecule has 2 aromatic heterocycles. The molecule has 0 atom stereocenters. The van der Waals surface area contributed by atoms with Crippen molar-refractivity contribution in [2.45, 2.75) is 52.6 Å². The second kappa shape index (κ2) is 15.5. The summed E-state index contributed by atoms with van der Waals surface area (Å²) in [5, 5.41) is 24.3. The topological polar surface area (TPSA) is 245 Å². The summed E-state index contributed by atoms with van der Waals surface area (Å²) >= 11 is 0. The molecule has 0 bridgehead atoms. The lowest BCUT2D eigenvalue weighted by molar-refractivity contribution is -0.392. The van der Waals surface area contributed by atoms with E-state index < -0.39 is 33.6 Å². The fourth-order valence-corrected chi connectivity index (χ4v) is 3.27.